The van der Waals surface area contributed by atoms with E-state index in [9.17, 15) is 19.2 Å². The van der Waals surface area contributed by atoms with Crippen molar-refractivity contribution in [3.8, 4) is 22.4 Å². The molecule has 58 heavy (non-hydrogen) atoms. The lowest BCUT2D eigenvalue weighted by molar-refractivity contribution is -0.148. The predicted octanol–water partition coefficient (Wildman–Crippen LogP) is 6.58. The molecular weight excluding hydrogens is 753 g/mol. The number of methoxy groups -OCH3 is 1. The van der Waals surface area contributed by atoms with Gasteiger partial charge in [-0.3, -0.25) is 24.2 Å². The summed E-state index contributed by atoms with van der Waals surface area (Å²) in [5.41, 5.74) is 8.56. The number of aromatic amines is 1. The maximum atomic E-state index is 14.0. The second-order valence-corrected chi connectivity index (χ2v) is 18.0. The molecule has 0 spiro atoms. The van der Waals surface area contributed by atoms with Crippen molar-refractivity contribution in [2.45, 2.75) is 103 Å². The van der Waals surface area contributed by atoms with Crippen LogP contribution in [0.25, 0.3) is 39.0 Å². The fourth-order valence-corrected chi connectivity index (χ4v) is 10.3. The zero-order valence-electron chi connectivity index (χ0n) is 33.8. The van der Waals surface area contributed by atoms with E-state index in [1.54, 1.807) is 0 Å². The van der Waals surface area contributed by atoms with Gasteiger partial charge in [0.25, 0.3) is 0 Å². The first kappa shape index (κ1) is 38.3. The molecule has 2 aliphatic carbocycles. The molecule has 302 valence electrons. The molecule has 4 aromatic rings. The van der Waals surface area contributed by atoms with Gasteiger partial charge in [-0.25, -0.2) is 4.98 Å². The summed E-state index contributed by atoms with van der Waals surface area (Å²) in [6.45, 7) is 9.36. The number of esters is 1. The SMILES string of the molecule is COC(=O)C[C@H](C(=O)N1[C@@H]2C[C@@H]2C[C@H]1C1=NC=C(c2ccc(-c3ccc(-c4cnc([C@@H]5C[C@H]6C[C@H]6N5C(=O)[C@@H](NC(C)=O)C(C)C)[nH]4)cc3)c3nsnc23)C1)C(C)C. The molecule has 5 heterocycles. The minimum Gasteiger partial charge on any atom is -0.469 e. The number of allylic oxidation sites excluding steroid dienone is 1. The van der Waals surface area contributed by atoms with Crippen molar-refractivity contribution in [1.29, 1.82) is 0 Å². The lowest BCUT2D eigenvalue weighted by Crippen LogP contribution is -2.51. The Balaban J connectivity index is 0.896. The molecule has 9 rings (SSSR count). The third-order valence-electron chi connectivity index (χ3n) is 13.1. The summed E-state index contributed by atoms with van der Waals surface area (Å²) in [5, 5.41) is 2.88. The molecule has 13 nitrogen and oxygen atoms in total. The van der Waals surface area contributed by atoms with Gasteiger partial charge in [0, 0.05) is 48.5 Å². The van der Waals surface area contributed by atoms with Crippen molar-refractivity contribution in [3.63, 3.8) is 0 Å². The maximum Gasteiger partial charge on any atom is 0.306 e. The maximum absolute atomic E-state index is 14.0. The smallest absolute Gasteiger partial charge is 0.306 e. The normalized spacial score (nSPS) is 25.4. The number of imidazole rings is 1. The molecule has 0 radical (unpaired) electrons. The quantitative estimate of drug-likeness (QED) is 0.152. The average molecular weight is 803 g/mol. The third-order valence-corrected chi connectivity index (χ3v) is 13.6. The molecule has 5 aliphatic rings. The van der Waals surface area contributed by atoms with Gasteiger partial charge >= 0.3 is 5.97 Å². The highest BCUT2D eigenvalue weighted by atomic mass is 32.1. The van der Waals surface area contributed by atoms with E-state index in [-0.39, 0.29) is 66.1 Å². The highest BCUT2D eigenvalue weighted by Gasteiger charge is 2.57. The Kier molecular flexibility index (Phi) is 9.80. The second kappa shape index (κ2) is 14.9. The summed E-state index contributed by atoms with van der Waals surface area (Å²) in [4.78, 5) is 69.1. The zero-order valence-corrected chi connectivity index (χ0v) is 34.6. The van der Waals surface area contributed by atoms with Gasteiger partial charge in [0.2, 0.25) is 17.7 Å². The van der Waals surface area contributed by atoms with E-state index >= 15 is 0 Å². The summed E-state index contributed by atoms with van der Waals surface area (Å²) in [7, 11) is 1.37. The van der Waals surface area contributed by atoms with Gasteiger partial charge in [0.1, 0.15) is 22.9 Å². The van der Waals surface area contributed by atoms with E-state index in [1.807, 2.05) is 49.9 Å². The lowest BCUT2D eigenvalue weighted by atomic mass is 9.89. The number of rotatable bonds is 12. The van der Waals surface area contributed by atoms with Crippen LogP contribution in [0.3, 0.4) is 0 Å². The number of piperidine rings is 2. The summed E-state index contributed by atoms with van der Waals surface area (Å²) in [6, 6.07) is 12.1. The standard InChI is InChI=1S/C44H50N8O5S/c1-21(2)31(18-38(54)57-6)43(55)51-34-14-26(34)16-36(51)32-13-28(19-45-32)30-12-11-29(40-41(30)50-58-49-40)24-7-9-25(10-8-24)33-20-46-42(48-33)37-17-27-15-35(27)52(37)44(56)39(22(3)4)47-23(5)53/h7-12,19-22,26-27,31,34-37,39H,13-18H2,1-6H3,(H,46,48)(H,47,53)/t26-,27-,31+,34-,35-,36+,37+,39+/m1/s1. The summed E-state index contributed by atoms with van der Waals surface area (Å²) >= 11 is 1.19. The summed E-state index contributed by atoms with van der Waals surface area (Å²) in [5.74, 6) is 0.726. The summed E-state index contributed by atoms with van der Waals surface area (Å²) < 4.78 is 14.4. The number of likely N-dealkylation sites (tertiary alicyclic amines) is 2. The minimum absolute atomic E-state index is 0.0148. The molecular formula is C44H50N8O5S. The number of aliphatic imine (C=N–C) groups is 1. The molecule has 4 fully saturated rings. The van der Waals surface area contributed by atoms with Crippen LogP contribution in [0.15, 0.2) is 53.8 Å². The van der Waals surface area contributed by atoms with Crippen molar-refractivity contribution in [2.75, 3.05) is 7.11 Å². The Bertz CT molecular complexity index is 2360. The van der Waals surface area contributed by atoms with Crippen LogP contribution in [0, 0.1) is 29.6 Å². The minimum atomic E-state index is -0.565. The van der Waals surface area contributed by atoms with Gasteiger partial charge < -0.3 is 24.8 Å². The van der Waals surface area contributed by atoms with Crippen molar-refractivity contribution in [1.82, 2.24) is 33.8 Å². The van der Waals surface area contributed by atoms with E-state index in [4.69, 9.17) is 23.5 Å². The van der Waals surface area contributed by atoms with Crippen molar-refractivity contribution < 1.29 is 23.9 Å². The summed E-state index contributed by atoms with van der Waals surface area (Å²) in [6.07, 6.45) is 8.25. The number of H-pyrrole nitrogens is 1. The van der Waals surface area contributed by atoms with Crippen LogP contribution in [0.2, 0.25) is 0 Å². The predicted molar refractivity (Wildman–Crippen MR) is 221 cm³/mol. The topological polar surface area (TPSA) is 163 Å². The molecule has 2 saturated carbocycles. The Morgan fingerprint density at radius 2 is 1.48 bits per heavy atom. The molecule has 2 aromatic carbocycles. The van der Waals surface area contributed by atoms with Gasteiger partial charge in [-0.05, 0) is 66.1 Å². The van der Waals surface area contributed by atoms with Crippen LogP contribution in [0.5, 0.6) is 0 Å². The number of ether oxygens (including phenoxy) is 1. The number of carbonyl (C=O) groups is 4. The number of hydrogen-bond acceptors (Lipinski definition) is 10. The second-order valence-electron chi connectivity index (χ2n) is 17.5. The molecule has 0 unspecified atom stereocenters. The van der Waals surface area contributed by atoms with Crippen LogP contribution in [-0.2, 0) is 23.9 Å². The number of aromatic nitrogens is 4. The van der Waals surface area contributed by atoms with E-state index in [1.165, 1.54) is 25.8 Å². The molecule has 0 bridgehead atoms. The van der Waals surface area contributed by atoms with Crippen molar-refractivity contribution in [2.24, 2.45) is 34.6 Å². The molecule has 2 aromatic heterocycles. The number of benzene rings is 2. The third kappa shape index (κ3) is 6.82. The molecule has 3 amide bonds. The van der Waals surface area contributed by atoms with E-state index < -0.39 is 12.0 Å². The Morgan fingerprint density at radius 1 is 0.845 bits per heavy atom. The van der Waals surface area contributed by atoms with Crippen LogP contribution in [0.1, 0.15) is 90.6 Å². The largest absolute Gasteiger partial charge is 0.469 e. The van der Waals surface area contributed by atoms with Crippen LogP contribution < -0.4 is 5.32 Å². The van der Waals surface area contributed by atoms with Crippen LogP contribution in [0.4, 0.5) is 0 Å². The fraction of sp³-hybridized carbons (Fsp3) is 0.500. The first-order valence-electron chi connectivity index (χ1n) is 20.6. The first-order valence-corrected chi connectivity index (χ1v) is 21.3. The van der Waals surface area contributed by atoms with E-state index in [0.717, 1.165) is 81.8 Å². The van der Waals surface area contributed by atoms with Crippen molar-refractivity contribution >= 4 is 57.7 Å². The Hall–Kier alpha value is -5.24. The van der Waals surface area contributed by atoms with Crippen LogP contribution >= 0.6 is 11.7 Å². The number of fused-ring (bicyclic) bond motifs is 3. The number of carbonyl (C=O) groups excluding carboxylic acids is 4. The molecule has 2 N–H and O–H groups in total. The Morgan fingerprint density at radius 3 is 2.14 bits per heavy atom. The van der Waals surface area contributed by atoms with Crippen molar-refractivity contribution in [3.05, 3.63) is 60.2 Å². The van der Waals surface area contributed by atoms with Gasteiger partial charge in [-0.2, -0.15) is 8.75 Å². The first-order chi connectivity index (χ1) is 27.9. The molecule has 3 aliphatic heterocycles. The fourth-order valence-electron chi connectivity index (χ4n) is 9.70. The van der Waals surface area contributed by atoms with Gasteiger partial charge in [-0.15, -0.1) is 0 Å². The number of hydrogen-bond donors (Lipinski definition) is 2. The van der Waals surface area contributed by atoms with E-state index in [2.05, 4.69) is 46.7 Å². The van der Waals surface area contributed by atoms with E-state index in [0.29, 0.717) is 18.3 Å². The highest BCUT2D eigenvalue weighted by Crippen LogP contribution is 2.54. The van der Waals surface area contributed by atoms with Gasteiger partial charge in [0.15, 0.2) is 0 Å². The van der Waals surface area contributed by atoms with Crippen LogP contribution in [-0.4, -0.2) is 89.2 Å². The Labute approximate surface area is 342 Å². The number of amides is 3. The number of nitrogens with one attached hydrogen (secondary N) is 2. The van der Waals surface area contributed by atoms with Gasteiger partial charge in [-0.1, -0.05) is 64.1 Å². The molecule has 8 atom stereocenters. The van der Waals surface area contributed by atoms with Gasteiger partial charge in [0.05, 0.1) is 55.2 Å². The zero-order chi connectivity index (χ0) is 40.6. The molecule has 14 heteroatoms. The monoisotopic (exact) mass is 802 g/mol. The highest BCUT2D eigenvalue weighted by molar-refractivity contribution is 7.00. The number of nitrogens with zero attached hydrogens (tertiary/aromatic N) is 6. The lowest BCUT2D eigenvalue weighted by Gasteiger charge is -2.32. The molecule has 2 saturated heterocycles. The average Bonchev–Trinajstić information content (AvgIpc) is 3.69.